The summed E-state index contributed by atoms with van der Waals surface area (Å²) in [5, 5.41) is 13.3. The number of aromatic nitrogens is 1. The molecule has 170 valence electrons. The molecule has 1 N–H and O–H groups in total. The average molecular weight is 440 g/mol. The Bertz CT molecular complexity index is 1080. The monoisotopic (exact) mass is 439 g/mol. The molecule has 32 heavy (non-hydrogen) atoms. The number of hydrogen-bond acceptors (Lipinski definition) is 7. The van der Waals surface area contributed by atoms with Gasteiger partial charge in [0.2, 0.25) is 0 Å². The Morgan fingerprint density at radius 2 is 2.00 bits per heavy atom. The number of anilines is 1. The lowest BCUT2D eigenvalue weighted by Gasteiger charge is -2.21. The van der Waals surface area contributed by atoms with Gasteiger partial charge in [-0.05, 0) is 39.0 Å². The fraction of sp³-hybridized carbons (Fsp3) is 0.391. The van der Waals surface area contributed by atoms with Gasteiger partial charge in [0.25, 0.3) is 11.5 Å². The molecule has 9 heteroatoms. The van der Waals surface area contributed by atoms with E-state index in [-0.39, 0.29) is 18.7 Å². The molecule has 0 saturated heterocycles. The van der Waals surface area contributed by atoms with Crippen LogP contribution >= 0.6 is 0 Å². The number of hydrogen-bond donors (Lipinski definition) is 1. The molecule has 0 saturated carbocycles. The highest BCUT2D eigenvalue weighted by atomic mass is 16.5. The van der Waals surface area contributed by atoms with Crippen LogP contribution in [-0.2, 0) is 22.7 Å². The second kappa shape index (κ2) is 11.7. The van der Waals surface area contributed by atoms with Gasteiger partial charge < -0.3 is 18.9 Å². The topological polar surface area (TPSA) is 109 Å². The second-order valence-corrected chi connectivity index (χ2v) is 7.01. The third kappa shape index (κ3) is 5.74. The summed E-state index contributed by atoms with van der Waals surface area (Å²) in [4.78, 5) is 27.2. The molecule has 0 aliphatic heterocycles. The quantitative estimate of drug-likeness (QED) is 0.449. The Balaban J connectivity index is 2.15. The van der Waals surface area contributed by atoms with Gasteiger partial charge >= 0.3 is 0 Å². The number of hydrazone groups is 1. The number of benzene rings is 1. The first kappa shape index (κ1) is 24.6. The van der Waals surface area contributed by atoms with Crippen molar-refractivity contribution in [2.24, 2.45) is 5.10 Å². The molecule has 0 radical (unpaired) electrons. The maximum atomic E-state index is 12.6. The molecule has 0 atom stereocenters. The summed E-state index contributed by atoms with van der Waals surface area (Å²) >= 11 is 0. The van der Waals surface area contributed by atoms with Crippen molar-refractivity contribution in [1.29, 1.82) is 5.26 Å². The molecule has 2 aromatic rings. The first-order valence-corrected chi connectivity index (χ1v) is 10.3. The Labute approximate surface area is 187 Å². The van der Waals surface area contributed by atoms with E-state index in [0.29, 0.717) is 22.6 Å². The summed E-state index contributed by atoms with van der Waals surface area (Å²) in [6, 6.07) is 9.32. The van der Waals surface area contributed by atoms with Crippen molar-refractivity contribution >= 4 is 17.8 Å². The normalized spacial score (nSPS) is 10.8. The van der Waals surface area contributed by atoms with Gasteiger partial charge in [-0.15, -0.1) is 0 Å². The predicted molar refractivity (Wildman–Crippen MR) is 123 cm³/mol. The molecule has 1 amide bonds. The van der Waals surface area contributed by atoms with Crippen molar-refractivity contribution < 1.29 is 14.3 Å². The molecule has 0 fully saturated rings. The van der Waals surface area contributed by atoms with E-state index < -0.39 is 11.5 Å². The van der Waals surface area contributed by atoms with Gasteiger partial charge in [-0.2, -0.15) is 10.4 Å². The number of pyridine rings is 1. The summed E-state index contributed by atoms with van der Waals surface area (Å²) in [6.07, 6.45) is 1.49. The molecule has 0 unspecified atom stereocenters. The standard InChI is InChI=1S/C23H29N5O4/c1-6-27(7-2)19-9-8-17(21(11-19)32-5)13-25-26-22(29)14-28-16(3)10-18(15-31-4)20(12-24)23(28)30/h8-11,13H,6-7,14-15H2,1-5H3,(H,26,29). The minimum absolute atomic E-state index is 0.0354. The highest BCUT2D eigenvalue weighted by Crippen LogP contribution is 2.24. The molecule has 1 aromatic carbocycles. The van der Waals surface area contributed by atoms with Crippen LogP contribution in [0.3, 0.4) is 0 Å². The number of carbonyl (C=O) groups is 1. The number of amides is 1. The molecular weight excluding hydrogens is 410 g/mol. The van der Waals surface area contributed by atoms with Gasteiger partial charge in [-0.1, -0.05) is 0 Å². The number of nitrogens with zero attached hydrogens (tertiary/aromatic N) is 4. The predicted octanol–water partition coefficient (Wildman–Crippen LogP) is 2.18. The second-order valence-electron chi connectivity index (χ2n) is 7.01. The van der Waals surface area contributed by atoms with Crippen LogP contribution in [0.25, 0.3) is 0 Å². The first-order valence-electron chi connectivity index (χ1n) is 10.3. The molecule has 2 rings (SSSR count). The Kier molecular flexibility index (Phi) is 8.98. The number of nitriles is 1. The van der Waals surface area contributed by atoms with E-state index in [0.717, 1.165) is 18.8 Å². The largest absolute Gasteiger partial charge is 0.496 e. The number of methoxy groups -OCH3 is 2. The minimum Gasteiger partial charge on any atom is -0.496 e. The van der Waals surface area contributed by atoms with Crippen molar-refractivity contribution in [1.82, 2.24) is 9.99 Å². The lowest BCUT2D eigenvalue weighted by Crippen LogP contribution is -2.33. The third-order valence-electron chi connectivity index (χ3n) is 5.04. The highest BCUT2D eigenvalue weighted by Gasteiger charge is 2.15. The molecule has 0 spiro atoms. The highest BCUT2D eigenvalue weighted by molar-refractivity contribution is 5.86. The van der Waals surface area contributed by atoms with E-state index in [4.69, 9.17) is 9.47 Å². The summed E-state index contributed by atoms with van der Waals surface area (Å²) in [6.45, 7) is 7.49. The maximum Gasteiger partial charge on any atom is 0.269 e. The lowest BCUT2D eigenvalue weighted by atomic mass is 10.1. The summed E-state index contributed by atoms with van der Waals surface area (Å²) in [7, 11) is 3.06. The van der Waals surface area contributed by atoms with Gasteiger partial charge in [0, 0.05) is 48.8 Å². The first-order chi connectivity index (χ1) is 15.4. The van der Waals surface area contributed by atoms with Crippen LogP contribution < -0.4 is 20.6 Å². The number of ether oxygens (including phenoxy) is 2. The van der Waals surface area contributed by atoms with Crippen molar-refractivity contribution in [2.45, 2.75) is 33.9 Å². The van der Waals surface area contributed by atoms with E-state index in [1.54, 1.807) is 20.1 Å². The van der Waals surface area contributed by atoms with Gasteiger partial charge in [-0.25, -0.2) is 5.43 Å². The molecule has 9 nitrogen and oxygen atoms in total. The smallest absolute Gasteiger partial charge is 0.269 e. The maximum absolute atomic E-state index is 12.6. The molecule has 0 aliphatic carbocycles. The summed E-state index contributed by atoms with van der Waals surface area (Å²) < 4.78 is 11.7. The number of aryl methyl sites for hydroxylation is 1. The van der Waals surface area contributed by atoms with Crippen molar-refractivity contribution in [2.75, 3.05) is 32.2 Å². The zero-order valence-corrected chi connectivity index (χ0v) is 19.1. The number of rotatable bonds is 10. The summed E-state index contributed by atoms with van der Waals surface area (Å²) in [5.41, 5.74) is 4.63. The fourth-order valence-electron chi connectivity index (χ4n) is 3.36. The van der Waals surface area contributed by atoms with Crippen LogP contribution in [-0.4, -0.2) is 44.0 Å². The average Bonchev–Trinajstić information content (AvgIpc) is 2.78. The van der Waals surface area contributed by atoms with Crippen LogP contribution in [0.15, 0.2) is 34.2 Å². The zero-order valence-electron chi connectivity index (χ0n) is 19.1. The number of carbonyl (C=O) groups excluding carboxylic acids is 1. The van der Waals surface area contributed by atoms with E-state index in [1.165, 1.54) is 17.9 Å². The van der Waals surface area contributed by atoms with E-state index in [2.05, 4.69) is 29.3 Å². The van der Waals surface area contributed by atoms with Crippen LogP contribution in [0, 0.1) is 18.3 Å². The third-order valence-corrected chi connectivity index (χ3v) is 5.04. The Morgan fingerprint density at radius 3 is 2.59 bits per heavy atom. The van der Waals surface area contributed by atoms with Crippen LogP contribution in [0.5, 0.6) is 5.75 Å². The van der Waals surface area contributed by atoms with Gasteiger partial charge in [0.15, 0.2) is 0 Å². The van der Waals surface area contributed by atoms with Crippen molar-refractivity contribution in [3.8, 4) is 11.8 Å². The summed E-state index contributed by atoms with van der Waals surface area (Å²) in [5.74, 6) is 0.139. The van der Waals surface area contributed by atoms with Crippen LogP contribution in [0.2, 0.25) is 0 Å². The molecule has 0 aliphatic rings. The fourth-order valence-corrected chi connectivity index (χ4v) is 3.36. The zero-order chi connectivity index (χ0) is 23.7. The SMILES string of the molecule is CCN(CC)c1ccc(C=NNC(=O)Cn2c(C)cc(COC)c(C#N)c2=O)c(OC)c1. The molecule has 1 aromatic heterocycles. The van der Waals surface area contributed by atoms with Crippen molar-refractivity contribution in [3.63, 3.8) is 0 Å². The van der Waals surface area contributed by atoms with Crippen LogP contribution in [0.4, 0.5) is 5.69 Å². The van der Waals surface area contributed by atoms with Crippen LogP contribution in [0.1, 0.15) is 36.2 Å². The van der Waals surface area contributed by atoms with E-state index in [1.807, 2.05) is 24.3 Å². The van der Waals surface area contributed by atoms with E-state index >= 15 is 0 Å². The molecule has 0 bridgehead atoms. The molecular formula is C23H29N5O4. The number of nitrogens with one attached hydrogen (secondary N) is 1. The van der Waals surface area contributed by atoms with Gasteiger partial charge in [0.1, 0.15) is 23.9 Å². The van der Waals surface area contributed by atoms with Gasteiger partial charge in [0.05, 0.1) is 19.9 Å². The molecule has 1 heterocycles. The van der Waals surface area contributed by atoms with E-state index in [9.17, 15) is 14.9 Å². The Hall–Kier alpha value is -3.64. The Morgan fingerprint density at radius 1 is 1.28 bits per heavy atom. The van der Waals surface area contributed by atoms with Crippen molar-refractivity contribution in [3.05, 3.63) is 57.0 Å². The lowest BCUT2D eigenvalue weighted by molar-refractivity contribution is -0.121. The minimum atomic E-state index is -0.535. The van der Waals surface area contributed by atoms with Gasteiger partial charge in [-0.3, -0.25) is 9.59 Å².